The number of para-hydroxylation sites is 2. The van der Waals surface area contributed by atoms with E-state index in [-0.39, 0.29) is 5.41 Å². The zero-order chi connectivity index (χ0) is 35.3. The smallest absolute Gasteiger partial charge is 0.135 e. The largest absolute Gasteiger partial charge is 0.456 e. The van der Waals surface area contributed by atoms with E-state index in [1.807, 2.05) is 0 Å². The maximum atomic E-state index is 6.38. The number of allylic oxidation sites excluding steroid dienone is 8. The van der Waals surface area contributed by atoms with Crippen molar-refractivity contribution < 1.29 is 4.42 Å². The number of aromatic nitrogens is 1. The van der Waals surface area contributed by atoms with Crippen molar-refractivity contribution in [1.82, 2.24) is 4.57 Å². The highest BCUT2D eigenvalue weighted by atomic mass is 16.3. The maximum absolute atomic E-state index is 6.38. The fraction of sp³-hybridized carbons (Fsp3) is 0.137. The second-order valence-corrected chi connectivity index (χ2v) is 16.1. The fourth-order valence-electron chi connectivity index (χ4n) is 10.5. The van der Waals surface area contributed by atoms with Gasteiger partial charge in [0.05, 0.1) is 11.0 Å². The predicted octanol–water partition coefficient (Wildman–Crippen LogP) is 13.3. The van der Waals surface area contributed by atoms with Gasteiger partial charge in [0.1, 0.15) is 11.2 Å². The molecule has 0 fully saturated rings. The van der Waals surface area contributed by atoms with E-state index in [1.165, 1.54) is 105 Å². The van der Waals surface area contributed by atoms with Gasteiger partial charge in [-0.3, -0.25) is 0 Å². The van der Waals surface area contributed by atoms with Crippen molar-refractivity contribution in [2.75, 3.05) is 0 Å². The Morgan fingerprint density at radius 3 is 2.04 bits per heavy atom. The predicted molar refractivity (Wildman–Crippen MR) is 222 cm³/mol. The summed E-state index contributed by atoms with van der Waals surface area (Å²) in [4.78, 5) is 0. The van der Waals surface area contributed by atoms with Crippen LogP contribution in [0.15, 0.2) is 144 Å². The van der Waals surface area contributed by atoms with Crippen LogP contribution in [0, 0.1) is 25.7 Å². The van der Waals surface area contributed by atoms with Crippen LogP contribution < -0.4 is 0 Å². The number of hydrogen-bond acceptors (Lipinski definition) is 1. The van der Waals surface area contributed by atoms with Crippen LogP contribution in [0.4, 0.5) is 0 Å². The highest BCUT2D eigenvalue weighted by molar-refractivity contribution is 6.13. The number of nitrogens with zero attached hydrogens (tertiary/aromatic N) is 1. The normalized spacial score (nSPS) is 19.0. The molecule has 0 radical (unpaired) electrons. The molecule has 12 rings (SSSR count). The Morgan fingerprint density at radius 1 is 0.528 bits per heavy atom. The van der Waals surface area contributed by atoms with Crippen molar-refractivity contribution in [3.05, 3.63) is 179 Å². The second-order valence-electron chi connectivity index (χ2n) is 16.1. The third-order valence-corrected chi connectivity index (χ3v) is 13.0. The summed E-state index contributed by atoms with van der Waals surface area (Å²) >= 11 is 0. The molecule has 2 unspecified atom stereocenters. The molecule has 4 aliphatic carbocycles. The highest BCUT2D eigenvalue weighted by Crippen LogP contribution is 2.57. The van der Waals surface area contributed by atoms with E-state index < -0.39 is 0 Å². The van der Waals surface area contributed by atoms with Crippen molar-refractivity contribution in [2.45, 2.75) is 33.1 Å². The molecule has 2 nitrogen and oxygen atoms in total. The van der Waals surface area contributed by atoms with Gasteiger partial charge in [-0.15, -0.1) is 0 Å². The molecule has 0 amide bonds. The van der Waals surface area contributed by atoms with Gasteiger partial charge in [0, 0.05) is 44.5 Å². The molecule has 8 aromatic rings. The Kier molecular flexibility index (Phi) is 5.59. The molecular formula is C51H37NO. The summed E-state index contributed by atoms with van der Waals surface area (Å²) in [6.07, 6.45) is 11.8. The molecule has 2 heteroatoms. The minimum atomic E-state index is -0.178. The van der Waals surface area contributed by atoms with Crippen molar-refractivity contribution >= 4 is 60.5 Å². The Labute approximate surface area is 308 Å². The van der Waals surface area contributed by atoms with Gasteiger partial charge in [-0.1, -0.05) is 105 Å². The third-order valence-electron chi connectivity index (χ3n) is 13.0. The summed E-state index contributed by atoms with van der Waals surface area (Å²) in [5, 5.41) is 4.94. The summed E-state index contributed by atoms with van der Waals surface area (Å²) in [6, 6.07) is 40.8. The molecule has 0 saturated heterocycles. The van der Waals surface area contributed by atoms with Gasteiger partial charge in [-0.05, 0) is 129 Å². The van der Waals surface area contributed by atoms with Crippen molar-refractivity contribution in [3.63, 3.8) is 0 Å². The Hall–Kier alpha value is -6.12. The van der Waals surface area contributed by atoms with E-state index in [4.69, 9.17) is 4.42 Å². The molecule has 0 bridgehead atoms. The van der Waals surface area contributed by atoms with E-state index in [9.17, 15) is 0 Å². The van der Waals surface area contributed by atoms with Gasteiger partial charge < -0.3 is 8.98 Å². The van der Waals surface area contributed by atoms with Crippen LogP contribution in [-0.2, 0) is 5.41 Å². The first-order valence-corrected chi connectivity index (χ1v) is 18.9. The van der Waals surface area contributed by atoms with E-state index >= 15 is 0 Å². The van der Waals surface area contributed by atoms with Crippen LogP contribution in [0.3, 0.4) is 0 Å². The van der Waals surface area contributed by atoms with E-state index in [0.29, 0.717) is 11.8 Å². The van der Waals surface area contributed by atoms with Crippen molar-refractivity contribution in [3.8, 4) is 16.8 Å². The zero-order valence-corrected chi connectivity index (χ0v) is 30.3. The first kappa shape index (κ1) is 29.5. The molecule has 252 valence electrons. The highest BCUT2D eigenvalue weighted by Gasteiger charge is 2.41. The molecule has 2 aromatic heterocycles. The molecule has 0 N–H and O–H groups in total. The summed E-state index contributed by atoms with van der Waals surface area (Å²) in [5.41, 5.74) is 21.9. The van der Waals surface area contributed by atoms with Gasteiger partial charge >= 0.3 is 0 Å². The maximum Gasteiger partial charge on any atom is 0.135 e. The van der Waals surface area contributed by atoms with E-state index in [0.717, 1.165) is 11.2 Å². The number of furan rings is 1. The minimum absolute atomic E-state index is 0.178. The number of rotatable bonds is 2. The van der Waals surface area contributed by atoms with Crippen LogP contribution in [0.5, 0.6) is 0 Å². The number of benzene rings is 6. The van der Waals surface area contributed by atoms with Gasteiger partial charge in [-0.25, -0.2) is 0 Å². The molecule has 53 heavy (non-hydrogen) atoms. The van der Waals surface area contributed by atoms with Gasteiger partial charge in [-0.2, -0.15) is 0 Å². The monoisotopic (exact) mass is 679 g/mol. The average Bonchev–Trinajstić information content (AvgIpc) is 3.88. The molecule has 2 atom stereocenters. The van der Waals surface area contributed by atoms with Crippen molar-refractivity contribution in [2.24, 2.45) is 11.8 Å². The number of aryl methyl sites for hydroxylation is 2. The first-order valence-electron chi connectivity index (χ1n) is 18.9. The van der Waals surface area contributed by atoms with Gasteiger partial charge in [0.25, 0.3) is 0 Å². The average molecular weight is 680 g/mol. The summed E-state index contributed by atoms with van der Waals surface area (Å²) in [6.45, 7) is 9.34. The summed E-state index contributed by atoms with van der Waals surface area (Å²) in [5.74, 6) is 0.706. The third kappa shape index (κ3) is 3.73. The fourth-order valence-corrected chi connectivity index (χ4v) is 10.5. The number of hydrogen-bond donors (Lipinski definition) is 0. The quantitative estimate of drug-likeness (QED) is 0.178. The van der Waals surface area contributed by atoms with Crippen LogP contribution in [0.2, 0.25) is 0 Å². The van der Waals surface area contributed by atoms with Crippen LogP contribution in [0.25, 0.3) is 77.3 Å². The summed E-state index contributed by atoms with van der Waals surface area (Å²) in [7, 11) is 0. The first-order chi connectivity index (χ1) is 25.9. The topological polar surface area (TPSA) is 18.1 Å². The lowest BCUT2D eigenvalue weighted by molar-refractivity contribution is 0.647. The molecule has 4 aliphatic rings. The molecule has 0 saturated carbocycles. The lowest BCUT2D eigenvalue weighted by atomic mass is 9.71. The molecule has 2 heterocycles. The minimum Gasteiger partial charge on any atom is -0.456 e. The Bertz CT molecular complexity index is 3110. The lowest BCUT2D eigenvalue weighted by Gasteiger charge is -2.32. The van der Waals surface area contributed by atoms with Crippen LogP contribution in [0.1, 0.15) is 52.8 Å². The Morgan fingerprint density at radius 2 is 1.21 bits per heavy atom. The van der Waals surface area contributed by atoms with Crippen molar-refractivity contribution in [1.29, 1.82) is 0 Å². The molecule has 0 aliphatic heterocycles. The Balaban J connectivity index is 1.04. The molecular weight excluding hydrogens is 643 g/mol. The molecule has 0 spiro atoms. The van der Waals surface area contributed by atoms with E-state index in [2.05, 4.69) is 172 Å². The molecule has 6 aromatic carbocycles. The van der Waals surface area contributed by atoms with Gasteiger partial charge in [0.2, 0.25) is 0 Å². The standard InChI is InChI=1S/C51H37NO/c1-28-23-46(29(2)22-38(28)32-20-21-37-31-13-6-5-12-30(31)35-16-11-17-36(32)50(35)37)52-45-18-9-7-14-33(45)41-24-39-40-25-42-34-15-8-10-19-48(34)53-49(42)27-44(40)51(3,4)43(39)26-47(41)52/h5-27,36,50H,1-4H3. The van der Waals surface area contributed by atoms with Crippen LogP contribution in [-0.4, -0.2) is 4.57 Å². The SMILES string of the molecule is Cc1cc(-n2c3ccccc3c3cc4c(cc32)C(C)(C)c2cc3oc5ccccc5c3cc2-4)c(C)cc1C1=CC=C2c3ccccc3C3=CC=CC1C32. The van der Waals surface area contributed by atoms with Gasteiger partial charge in [0.15, 0.2) is 0 Å². The second kappa shape index (κ2) is 10.1. The van der Waals surface area contributed by atoms with Crippen LogP contribution >= 0.6 is 0 Å². The lowest BCUT2D eigenvalue weighted by Crippen LogP contribution is -2.19. The summed E-state index contributed by atoms with van der Waals surface area (Å²) < 4.78 is 8.91. The van der Waals surface area contributed by atoms with E-state index in [1.54, 1.807) is 0 Å². The zero-order valence-electron chi connectivity index (χ0n) is 30.3. The number of fused-ring (bicyclic) bond motifs is 12.